The molecule has 3 aromatic carbocycles. The van der Waals surface area contributed by atoms with Gasteiger partial charge in [-0.2, -0.15) is 0 Å². The first-order chi connectivity index (χ1) is 18.7. The van der Waals surface area contributed by atoms with E-state index >= 15 is 0 Å². The van der Waals surface area contributed by atoms with Gasteiger partial charge in [-0.1, -0.05) is 61.7 Å². The maximum atomic E-state index is 13.4. The number of hydrogen-bond acceptors (Lipinski definition) is 5. The molecule has 6 heteroatoms. The van der Waals surface area contributed by atoms with Crippen molar-refractivity contribution < 1.29 is 14.3 Å². The van der Waals surface area contributed by atoms with E-state index in [1.54, 1.807) is 0 Å². The van der Waals surface area contributed by atoms with Crippen molar-refractivity contribution >= 4 is 28.6 Å². The Kier molecular flexibility index (Phi) is 8.29. The molecule has 5 rings (SSSR count). The zero-order valence-electron chi connectivity index (χ0n) is 22.3. The average molecular weight is 512 g/mol. The van der Waals surface area contributed by atoms with Gasteiger partial charge in [0, 0.05) is 29.9 Å². The van der Waals surface area contributed by atoms with E-state index < -0.39 is 0 Å². The van der Waals surface area contributed by atoms with Crippen LogP contribution in [0.5, 0.6) is 11.5 Å². The first-order valence-electron chi connectivity index (χ1n) is 13.8. The molecule has 3 N–H and O–H groups in total. The summed E-state index contributed by atoms with van der Waals surface area (Å²) in [6.45, 7) is 5.76. The Morgan fingerprint density at radius 1 is 0.895 bits per heavy atom. The van der Waals surface area contributed by atoms with Crippen molar-refractivity contribution in [3.63, 3.8) is 0 Å². The third-order valence-corrected chi connectivity index (χ3v) is 7.16. The largest absolute Gasteiger partial charge is 0.490 e. The highest BCUT2D eigenvalue weighted by atomic mass is 16.5. The van der Waals surface area contributed by atoms with Crippen molar-refractivity contribution in [2.24, 2.45) is 0 Å². The van der Waals surface area contributed by atoms with Crippen molar-refractivity contribution in [2.75, 3.05) is 23.8 Å². The molecule has 1 aliphatic heterocycles. The summed E-state index contributed by atoms with van der Waals surface area (Å²) in [6, 6.07) is 22.8. The molecule has 1 aliphatic carbocycles. The van der Waals surface area contributed by atoms with Crippen molar-refractivity contribution in [1.29, 1.82) is 0 Å². The van der Waals surface area contributed by atoms with Gasteiger partial charge < -0.3 is 25.4 Å². The molecule has 6 nitrogen and oxygen atoms in total. The Hall–Kier alpha value is -3.77. The Bertz CT molecular complexity index is 1280. The van der Waals surface area contributed by atoms with E-state index in [-0.39, 0.29) is 5.91 Å². The summed E-state index contributed by atoms with van der Waals surface area (Å²) in [7, 11) is 0. The first kappa shape index (κ1) is 25.9. The molecule has 3 aromatic rings. The lowest BCUT2D eigenvalue weighted by Gasteiger charge is -2.23. The molecule has 0 bridgehead atoms. The second-order valence-electron chi connectivity index (χ2n) is 9.82. The van der Waals surface area contributed by atoms with Gasteiger partial charge in [0.15, 0.2) is 11.5 Å². The monoisotopic (exact) mass is 511 g/mol. The SMILES string of the molecule is CCOc1cc2c(cc1OCC)C(=C(Nc1ccc(CNC3CCCCC3)cc1)c1ccccc1)C(=O)N2. The van der Waals surface area contributed by atoms with Gasteiger partial charge in [0.2, 0.25) is 0 Å². The molecule has 0 spiro atoms. The van der Waals surface area contributed by atoms with Crippen LogP contribution in [-0.4, -0.2) is 25.2 Å². The zero-order chi connectivity index (χ0) is 26.3. The topological polar surface area (TPSA) is 71.6 Å². The maximum absolute atomic E-state index is 13.4. The summed E-state index contributed by atoms with van der Waals surface area (Å²) in [5.74, 6) is 1.10. The van der Waals surface area contributed by atoms with Gasteiger partial charge in [-0.15, -0.1) is 0 Å². The third kappa shape index (κ3) is 5.86. The number of carbonyl (C=O) groups is 1. The normalized spacial score (nSPS) is 16.5. The quantitative estimate of drug-likeness (QED) is 0.260. The lowest BCUT2D eigenvalue weighted by molar-refractivity contribution is -0.110. The maximum Gasteiger partial charge on any atom is 0.258 e. The number of rotatable bonds is 10. The van der Waals surface area contributed by atoms with Crippen LogP contribution in [0.3, 0.4) is 0 Å². The van der Waals surface area contributed by atoms with E-state index in [0.29, 0.717) is 36.3 Å². The van der Waals surface area contributed by atoms with Gasteiger partial charge >= 0.3 is 0 Å². The molecule has 1 amide bonds. The fourth-order valence-electron chi connectivity index (χ4n) is 5.27. The number of anilines is 2. The Labute approximate surface area is 225 Å². The van der Waals surface area contributed by atoms with E-state index in [0.717, 1.165) is 34.7 Å². The number of amides is 1. The van der Waals surface area contributed by atoms with Crippen molar-refractivity contribution in [3.05, 3.63) is 83.4 Å². The predicted molar refractivity (Wildman–Crippen MR) is 154 cm³/mol. The molecule has 1 fully saturated rings. The minimum absolute atomic E-state index is 0.157. The van der Waals surface area contributed by atoms with Crippen LogP contribution in [0, 0.1) is 0 Å². The summed E-state index contributed by atoms with van der Waals surface area (Å²) >= 11 is 0. The second kappa shape index (κ2) is 12.2. The van der Waals surface area contributed by atoms with Crippen LogP contribution in [-0.2, 0) is 11.3 Å². The predicted octanol–water partition coefficient (Wildman–Crippen LogP) is 6.84. The minimum Gasteiger partial charge on any atom is -0.490 e. The highest BCUT2D eigenvalue weighted by Gasteiger charge is 2.30. The smallest absolute Gasteiger partial charge is 0.258 e. The molecule has 0 unspecified atom stereocenters. The molecule has 38 heavy (non-hydrogen) atoms. The minimum atomic E-state index is -0.157. The van der Waals surface area contributed by atoms with E-state index in [2.05, 4.69) is 40.2 Å². The van der Waals surface area contributed by atoms with Crippen LogP contribution in [0.15, 0.2) is 66.7 Å². The standard InChI is InChI=1S/C32H37N3O3/c1-3-37-28-19-26-27(20-29(28)38-4-2)35-32(36)30(26)31(23-11-7-5-8-12-23)34-25-17-15-22(16-18-25)21-33-24-13-9-6-10-14-24/h5,7-8,11-12,15-20,24,33-34H,3-4,6,9-10,13-14,21H2,1-2H3,(H,35,36). The van der Waals surface area contributed by atoms with E-state index in [1.165, 1.54) is 37.7 Å². The van der Waals surface area contributed by atoms with Gasteiger partial charge in [0.05, 0.1) is 30.2 Å². The number of carbonyl (C=O) groups excluding carboxylic acids is 1. The van der Waals surface area contributed by atoms with Crippen molar-refractivity contribution in [2.45, 2.75) is 58.5 Å². The van der Waals surface area contributed by atoms with Crippen LogP contribution in [0.2, 0.25) is 0 Å². The summed E-state index contributed by atoms with van der Waals surface area (Å²) in [6.07, 6.45) is 6.56. The van der Waals surface area contributed by atoms with Crippen molar-refractivity contribution in [1.82, 2.24) is 5.32 Å². The van der Waals surface area contributed by atoms with Crippen LogP contribution in [0.25, 0.3) is 11.3 Å². The van der Waals surface area contributed by atoms with Crippen LogP contribution >= 0.6 is 0 Å². The summed E-state index contributed by atoms with van der Waals surface area (Å²) in [5, 5.41) is 10.3. The molecule has 2 aliphatic rings. The van der Waals surface area contributed by atoms with Crippen LogP contribution in [0.1, 0.15) is 62.6 Å². The molecular formula is C32H37N3O3. The second-order valence-corrected chi connectivity index (χ2v) is 9.82. The van der Waals surface area contributed by atoms with E-state index in [4.69, 9.17) is 9.47 Å². The van der Waals surface area contributed by atoms with Gasteiger partial charge in [0.1, 0.15) is 0 Å². The number of hydrogen-bond donors (Lipinski definition) is 3. The molecule has 198 valence electrons. The number of fused-ring (bicyclic) bond motifs is 1. The number of benzene rings is 3. The molecule has 1 saturated carbocycles. The summed E-state index contributed by atoms with van der Waals surface area (Å²) in [5.41, 5.74) is 5.96. The Balaban J connectivity index is 1.46. The highest BCUT2D eigenvalue weighted by Crippen LogP contribution is 2.43. The highest BCUT2D eigenvalue weighted by molar-refractivity contribution is 6.37. The fraction of sp³-hybridized carbons (Fsp3) is 0.344. The van der Waals surface area contributed by atoms with Gasteiger partial charge in [-0.25, -0.2) is 0 Å². The van der Waals surface area contributed by atoms with E-state index in [9.17, 15) is 4.79 Å². The number of ether oxygens (including phenoxy) is 2. The molecule has 0 atom stereocenters. The number of nitrogens with one attached hydrogen (secondary N) is 3. The average Bonchev–Trinajstić information content (AvgIpc) is 3.27. The third-order valence-electron chi connectivity index (χ3n) is 7.16. The van der Waals surface area contributed by atoms with Crippen molar-refractivity contribution in [3.8, 4) is 11.5 Å². The fourth-order valence-corrected chi connectivity index (χ4v) is 5.27. The lowest BCUT2D eigenvalue weighted by Crippen LogP contribution is -2.30. The zero-order valence-corrected chi connectivity index (χ0v) is 22.3. The van der Waals surface area contributed by atoms with Gasteiger partial charge in [-0.05, 0) is 56.0 Å². The van der Waals surface area contributed by atoms with Gasteiger partial charge in [-0.3, -0.25) is 4.79 Å². The van der Waals surface area contributed by atoms with Crippen LogP contribution < -0.4 is 25.4 Å². The summed E-state index contributed by atoms with van der Waals surface area (Å²) in [4.78, 5) is 13.4. The van der Waals surface area contributed by atoms with Crippen LogP contribution in [0.4, 0.5) is 11.4 Å². The Morgan fingerprint density at radius 2 is 1.58 bits per heavy atom. The lowest BCUT2D eigenvalue weighted by atomic mass is 9.95. The summed E-state index contributed by atoms with van der Waals surface area (Å²) < 4.78 is 11.7. The molecule has 0 radical (unpaired) electrons. The molecule has 0 saturated heterocycles. The van der Waals surface area contributed by atoms with E-state index in [1.807, 2.05) is 56.3 Å². The Morgan fingerprint density at radius 3 is 2.26 bits per heavy atom. The first-order valence-corrected chi connectivity index (χ1v) is 13.8. The molecular weight excluding hydrogens is 474 g/mol. The van der Waals surface area contributed by atoms with Gasteiger partial charge in [0.25, 0.3) is 5.91 Å². The molecule has 0 aromatic heterocycles. The molecule has 1 heterocycles.